The van der Waals surface area contributed by atoms with Crippen molar-refractivity contribution in [1.82, 2.24) is 10.3 Å². The lowest BCUT2D eigenvalue weighted by atomic mass is 10.1. The second kappa shape index (κ2) is 10.9. The average Bonchev–Trinajstić information content (AvgIpc) is 2.76. The summed E-state index contributed by atoms with van der Waals surface area (Å²) in [6, 6.07) is 19.2. The minimum absolute atomic E-state index is 0.0126. The maximum Gasteiger partial charge on any atom is 0.235 e. The van der Waals surface area contributed by atoms with E-state index in [0.29, 0.717) is 18.7 Å². The quantitative estimate of drug-likeness (QED) is 0.499. The van der Waals surface area contributed by atoms with Crippen molar-refractivity contribution in [2.75, 3.05) is 11.5 Å². The molecule has 0 aliphatic heterocycles. The van der Waals surface area contributed by atoms with E-state index < -0.39 is 21.5 Å². The van der Waals surface area contributed by atoms with Crippen LogP contribution in [0, 0.1) is 13.8 Å². The highest BCUT2D eigenvalue weighted by atomic mass is 32.2. The van der Waals surface area contributed by atoms with Crippen molar-refractivity contribution in [3.63, 3.8) is 0 Å². The number of amides is 1. The molecule has 6 nitrogen and oxygen atoms in total. The summed E-state index contributed by atoms with van der Waals surface area (Å²) in [6.07, 6.45) is 2.77. The minimum atomic E-state index is -3.45. The molecule has 1 amide bonds. The lowest BCUT2D eigenvalue weighted by molar-refractivity contribution is -0.118. The molecule has 1 heterocycles. The van der Waals surface area contributed by atoms with E-state index in [0.717, 1.165) is 28.0 Å². The zero-order chi connectivity index (χ0) is 23.0. The summed E-state index contributed by atoms with van der Waals surface area (Å²) in [5.74, 6) is 0.163. The number of nitrogens with zero attached hydrogens (tertiary/aromatic N) is 1. The zero-order valence-electron chi connectivity index (χ0n) is 18.4. The summed E-state index contributed by atoms with van der Waals surface area (Å²) in [6.45, 7) is 4.17. The molecule has 0 radical (unpaired) electrons. The molecule has 168 valence electrons. The molecule has 3 aromatic rings. The van der Waals surface area contributed by atoms with Crippen molar-refractivity contribution in [3.8, 4) is 11.6 Å². The summed E-state index contributed by atoms with van der Waals surface area (Å²) >= 11 is 0. The van der Waals surface area contributed by atoms with Crippen LogP contribution >= 0.6 is 0 Å². The Hall–Kier alpha value is -3.19. The number of aromatic nitrogens is 1. The van der Waals surface area contributed by atoms with E-state index in [1.165, 1.54) is 0 Å². The topological polar surface area (TPSA) is 85.4 Å². The van der Waals surface area contributed by atoms with Crippen molar-refractivity contribution in [3.05, 3.63) is 89.1 Å². The van der Waals surface area contributed by atoms with Crippen molar-refractivity contribution in [1.29, 1.82) is 0 Å². The van der Waals surface area contributed by atoms with Gasteiger partial charge in [-0.15, -0.1) is 0 Å². The monoisotopic (exact) mass is 452 g/mol. The summed E-state index contributed by atoms with van der Waals surface area (Å²) in [5, 5.41) is 2.65. The minimum Gasteiger partial charge on any atom is -0.439 e. The van der Waals surface area contributed by atoms with Gasteiger partial charge in [0.05, 0.1) is 5.75 Å². The van der Waals surface area contributed by atoms with Crippen LogP contribution in [0.5, 0.6) is 11.6 Å². The van der Waals surface area contributed by atoms with Crippen LogP contribution in [0.25, 0.3) is 0 Å². The molecule has 0 bridgehead atoms. The molecule has 32 heavy (non-hydrogen) atoms. The van der Waals surface area contributed by atoms with E-state index in [1.807, 2.05) is 62.4 Å². The maximum atomic E-state index is 12.2. The van der Waals surface area contributed by atoms with Crippen LogP contribution in [-0.4, -0.2) is 30.8 Å². The number of benzene rings is 2. The molecule has 0 saturated heterocycles. The Morgan fingerprint density at radius 1 is 1.00 bits per heavy atom. The number of pyridine rings is 1. The van der Waals surface area contributed by atoms with E-state index in [4.69, 9.17) is 4.74 Å². The van der Waals surface area contributed by atoms with Gasteiger partial charge >= 0.3 is 0 Å². The van der Waals surface area contributed by atoms with Gasteiger partial charge in [-0.3, -0.25) is 4.79 Å². The highest BCUT2D eigenvalue weighted by molar-refractivity contribution is 7.92. The fourth-order valence-electron chi connectivity index (χ4n) is 3.17. The molecule has 0 fully saturated rings. The molecule has 0 spiro atoms. The highest BCUT2D eigenvalue weighted by Crippen LogP contribution is 2.24. The van der Waals surface area contributed by atoms with Crippen molar-refractivity contribution in [2.45, 2.75) is 33.2 Å². The first-order valence-corrected chi connectivity index (χ1v) is 12.3. The average molecular weight is 453 g/mol. The first kappa shape index (κ1) is 23.5. The number of ether oxygens (including phenoxy) is 1. The summed E-state index contributed by atoms with van der Waals surface area (Å²) in [7, 11) is -3.45. The number of aryl methyl sites for hydroxylation is 3. The molecule has 7 heteroatoms. The second-order valence-electron chi connectivity index (χ2n) is 7.83. The van der Waals surface area contributed by atoms with E-state index in [1.54, 1.807) is 18.3 Å². The number of hydrogen-bond donors (Lipinski definition) is 1. The highest BCUT2D eigenvalue weighted by Gasteiger charge is 2.16. The van der Waals surface area contributed by atoms with Gasteiger partial charge in [0.1, 0.15) is 11.5 Å². The number of nitrogens with one attached hydrogen (secondary N) is 1. The number of rotatable bonds is 10. The molecule has 0 aliphatic carbocycles. The molecular formula is C25H28N2O4S. The van der Waals surface area contributed by atoms with Crippen LogP contribution in [0.1, 0.15) is 28.7 Å². The first-order valence-electron chi connectivity index (χ1n) is 10.5. The zero-order valence-corrected chi connectivity index (χ0v) is 19.2. The molecule has 0 aliphatic rings. The third kappa shape index (κ3) is 7.50. The molecule has 2 aromatic carbocycles. The Bertz CT molecular complexity index is 1140. The van der Waals surface area contributed by atoms with Gasteiger partial charge in [0, 0.05) is 18.8 Å². The normalized spacial score (nSPS) is 11.2. The largest absolute Gasteiger partial charge is 0.439 e. The predicted molar refractivity (Wildman–Crippen MR) is 125 cm³/mol. The predicted octanol–water partition coefficient (Wildman–Crippen LogP) is 4.15. The van der Waals surface area contributed by atoms with Crippen LogP contribution < -0.4 is 10.1 Å². The molecule has 0 unspecified atom stereocenters. The molecular weight excluding hydrogens is 424 g/mol. The van der Waals surface area contributed by atoms with Crippen LogP contribution in [0.3, 0.4) is 0 Å². The summed E-state index contributed by atoms with van der Waals surface area (Å²) in [4.78, 5) is 16.4. The Kier molecular flexibility index (Phi) is 8.00. The standard InChI is InChI=1S/C25H28N2O4S/c1-19-10-11-20(2)23(15-19)31-25-13-12-22(17-27-25)16-26-24(28)18-32(29,30)14-6-9-21-7-4-3-5-8-21/h3-5,7-8,10-13,15,17H,6,9,14,16,18H2,1-2H3,(H,26,28). The number of hydrogen-bond acceptors (Lipinski definition) is 5. The number of carbonyl (C=O) groups is 1. The van der Waals surface area contributed by atoms with Gasteiger partial charge in [-0.1, -0.05) is 48.5 Å². The lowest BCUT2D eigenvalue weighted by Crippen LogP contribution is -2.31. The number of sulfone groups is 1. The second-order valence-corrected chi connectivity index (χ2v) is 10.0. The van der Waals surface area contributed by atoms with Gasteiger partial charge in [-0.25, -0.2) is 13.4 Å². The maximum absolute atomic E-state index is 12.2. The smallest absolute Gasteiger partial charge is 0.235 e. The van der Waals surface area contributed by atoms with E-state index in [-0.39, 0.29) is 12.3 Å². The van der Waals surface area contributed by atoms with E-state index in [9.17, 15) is 13.2 Å². The van der Waals surface area contributed by atoms with Gasteiger partial charge in [-0.05, 0) is 55.0 Å². The Labute approximate surface area is 189 Å². The molecule has 1 aromatic heterocycles. The van der Waals surface area contributed by atoms with Crippen molar-refractivity contribution >= 4 is 15.7 Å². The Balaban J connectivity index is 1.44. The van der Waals surface area contributed by atoms with Gasteiger partial charge in [-0.2, -0.15) is 0 Å². The van der Waals surface area contributed by atoms with Gasteiger partial charge in [0.25, 0.3) is 0 Å². The van der Waals surface area contributed by atoms with E-state index >= 15 is 0 Å². The molecule has 0 saturated carbocycles. The van der Waals surface area contributed by atoms with Crippen LogP contribution in [0.2, 0.25) is 0 Å². The van der Waals surface area contributed by atoms with Gasteiger partial charge in [0.15, 0.2) is 9.84 Å². The van der Waals surface area contributed by atoms with Crippen LogP contribution in [0.4, 0.5) is 0 Å². The molecule has 3 rings (SSSR count). The summed E-state index contributed by atoms with van der Waals surface area (Å²) in [5.41, 5.74) is 3.96. The Morgan fingerprint density at radius 3 is 2.50 bits per heavy atom. The number of carbonyl (C=O) groups excluding carboxylic acids is 1. The van der Waals surface area contributed by atoms with Crippen molar-refractivity contribution < 1.29 is 17.9 Å². The third-order valence-electron chi connectivity index (χ3n) is 4.96. The third-order valence-corrected chi connectivity index (χ3v) is 6.57. The van der Waals surface area contributed by atoms with E-state index in [2.05, 4.69) is 10.3 Å². The SMILES string of the molecule is Cc1ccc(C)c(Oc2ccc(CNC(=O)CS(=O)(=O)CCCc3ccccc3)cn2)c1. The lowest BCUT2D eigenvalue weighted by Gasteiger charge is -2.10. The Morgan fingerprint density at radius 2 is 1.78 bits per heavy atom. The molecule has 0 atom stereocenters. The van der Waals surface area contributed by atoms with Gasteiger partial charge in [0.2, 0.25) is 11.8 Å². The molecule has 1 N–H and O–H groups in total. The fourth-order valence-corrected chi connectivity index (χ4v) is 4.40. The van der Waals surface area contributed by atoms with Gasteiger partial charge < -0.3 is 10.1 Å². The summed E-state index contributed by atoms with van der Waals surface area (Å²) < 4.78 is 30.3. The van der Waals surface area contributed by atoms with Crippen molar-refractivity contribution in [2.24, 2.45) is 0 Å². The van der Waals surface area contributed by atoms with Crippen LogP contribution in [0.15, 0.2) is 66.9 Å². The first-order chi connectivity index (χ1) is 15.3. The fraction of sp³-hybridized carbons (Fsp3) is 0.280. The van der Waals surface area contributed by atoms with Crippen LogP contribution in [-0.2, 0) is 27.6 Å².